The summed E-state index contributed by atoms with van der Waals surface area (Å²) in [6.07, 6.45) is 0. The molecule has 0 bridgehead atoms. The third-order valence-corrected chi connectivity index (χ3v) is 14.2. The molecule has 0 aliphatic heterocycles. The molecule has 0 atom stereocenters. The summed E-state index contributed by atoms with van der Waals surface area (Å²) >= 11 is 0. The first kappa shape index (κ1) is 42.6. The maximum Gasteiger partial charge on any atom is 0.0562 e. The van der Waals surface area contributed by atoms with Gasteiger partial charge in [-0.1, -0.05) is 243 Å². The van der Waals surface area contributed by atoms with Crippen LogP contribution in [0.4, 0.5) is 17.1 Å². The average molecular weight is 917 g/mol. The molecule has 0 aliphatic rings. The van der Waals surface area contributed by atoms with E-state index >= 15 is 0 Å². The van der Waals surface area contributed by atoms with Gasteiger partial charge in [-0.2, -0.15) is 0 Å². The SMILES string of the molecule is c1ccc(-c2ccccc2-n2c3ccccc3c3ccc(N(c4ccc(-c5ccc6ccccc6c5-c5ccccc5)cc4)c4ccc(-c5c(-c6ccccc6)cccc5-c5ccccc5)cc4)cc32)cc1. The van der Waals surface area contributed by atoms with Crippen molar-refractivity contribution in [2.75, 3.05) is 4.90 Å². The molecule has 13 aromatic rings. The molecule has 0 saturated carbocycles. The molecule has 0 fully saturated rings. The summed E-state index contributed by atoms with van der Waals surface area (Å²) < 4.78 is 2.46. The molecule has 0 radical (unpaired) electrons. The van der Waals surface area contributed by atoms with Crippen LogP contribution in [0.5, 0.6) is 0 Å². The highest BCUT2D eigenvalue weighted by atomic mass is 15.1. The molecule has 1 heterocycles. The Hall–Kier alpha value is -9.50. The number of hydrogen-bond acceptors (Lipinski definition) is 1. The van der Waals surface area contributed by atoms with Crippen LogP contribution in [0.25, 0.3) is 105 Å². The Bertz CT molecular complexity index is 3990. The summed E-state index contributed by atoms with van der Waals surface area (Å²) in [6.45, 7) is 0. The molecule has 13 rings (SSSR count). The normalized spacial score (nSPS) is 11.3. The average Bonchev–Trinajstić information content (AvgIpc) is 3.79. The van der Waals surface area contributed by atoms with Gasteiger partial charge >= 0.3 is 0 Å². The van der Waals surface area contributed by atoms with Crippen LogP contribution < -0.4 is 4.90 Å². The Morgan fingerprint density at radius 2 is 0.667 bits per heavy atom. The second-order valence-corrected chi connectivity index (χ2v) is 18.4. The predicted octanol–water partition coefficient (Wildman–Crippen LogP) is 19.4. The highest BCUT2D eigenvalue weighted by Crippen LogP contribution is 2.45. The third-order valence-electron chi connectivity index (χ3n) is 14.2. The Morgan fingerprint density at radius 1 is 0.236 bits per heavy atom. The first-order valence-corrected chi connectivity index (χ1v) is 24.8. The quantitative estimate of drug-likeness (QED) is 0.133. The summed E-state index contributed by atoms with van der Waals surface area (Å²) in [6, 6.07) is 106. The Labute approximate surface area is 420 Å². The lowest BCUT2D eigenvalue weighted by Crippen LogP contribution is -2.10. The lowest BCUT2D eigenvalue weighted by Gasteiger charge is -2.27. The molecule has 0 spiro atoms. The van der Waals surface area contributed by atoms with Gasteiger partial charge in [0.2, 0.25) is 0 Å². The van der Waals surface area contributed by atoms with Crippen LogP contribution in [-0.4, -0.2) is 4.57 Å². The second kappa shape index (κ2) is 18.4. The lowest BCUT2D eigenvalue weighted by molar-refractivity contribution is 1.18. The third kappa shape index (κ3) is 7.63. The van der Waals surface area contributed by atoms with Gasteiger partial charge in [0, 0.05) is 33.4 Å². The van der Waals surface area contributed by atoms with Gasteiger partial charge in [0.05, 0.1) is 16.7 Å². The number of aromatic nitrogens is 1. The van der Waals surface area contributed by atoms with Crippen molar-refractivity contribution in [1.29, 1.82) is 0 Å². The van der Waals surface area contributed by atoms with Crippen molar-refractivity contribution in [2.45, 2.75) is 0 Å². The summed E-state index contributed by atoms with van der Waals surface area (Å²) in [5, 5.41) is 4.90. The van der Waals surface area contributed by atoms with Crippen molar-refractivity contribution < 1.29 is 0 Å². The number of rotatable bonds is 10. The summed E-state index contributed by atoms with van der Waals surface area (Å²) in [5.41, 5.74) is 21.0. The van der Waals surface area contributed by atoms with E-state index in [1.165, 1.54) is 82.7 Å². The molecule has 0 amide bonds. The van der Waals surface area contributed by atoms with Crippen LogP contribution in [0.3, 0.4) is 0 Å². The van der Waals surface area contributed by atoms with E-state index < -0.39 is 0 Å². The van der Waals surface area contributed by atoms with Crippen molar-refractivity contribution >= 4 is 49.6 Å². The van der Waals surface area contributed by atoms with E-state index in [2.05, 4.69) is 301 Å². The number of benzene rings is 12. The van der Waals surface area contributed by atoms with Crippen LogP contribution >= 0.6 is 0 Å². The minimum Gasteiger partial charge on any atom is -0.310 e. The largest absolute Gasteiger partial charge is 0.310 e. The molecule has 0 aliphatic carbocycles. The number of nitrogens with zero attached hydrogens (tertiary/aromatic N) is 2. The molecule has 2 heteroatoms. The van der Waals surface area contributed by atoms with Crippen LogP contribution in [0.2, 0.25) is 0 Å². The van der Waals surface area contributed by atoms with Gasteiger partial charge in [-0.25, -0.2) is 0 Å². The number of hydrogen-bond donors (Lipinski definition) is 0. The number of para-hydroxylation sites is 2. The van der Waals surface area contributed by atoms with E-state index in [-0.39, 0.29) is 0 Å². The fourth-order valence-corrected chi connectivity index (χ4v) is 10.9. The monoisotopic (exact) mass is 916 g/mol. The minimum atomic E-state index is 1.06. The highest BCUT2D eigenvalue weighted by molar-refractivity contribution is 6.11. The summed E-state index contributed by atoms with van der Waals surface area (Å²) in [5.74, 6) is 0. The van der Waals surface area contributed by atoms with Crippen molar-refractivity contribution in [2.24, 2.45) is 0 Å². The van der Waals surface area contributed by atoms with E-state index in [0.29, 0.717) is 0 Å². The molecular formula is C70H48N2. The van der Waals surface area contributed by atoms with Crippen LogP contribution in [-0.2, 0) is 0 Å². The molecule has 0 unspecified atom stereocenters. The van der Waals surface area contributed by atoms with Gasteiger partial charge in [0.15, 0.2) is 0 Å². The zero-order valence-electron chi connectivity index (χ0n) is 39.6. The van der Waals surface area contributed by atoms with Crippen LogP contribution in [0.15, 0.2) is 291 Å². The van der Waals surface area contributed by atoms with Crippen molar-refractivity contribution in [3.8, 4) is 72.4 Å². The van der Waals surface area contributed by atoms with E-state index in [1.54, 1.807) is 0 Å². The van der Waals surface area contributed by atoms with E-state index in [4.69, 9.17) is 0 Å². The van der Waals surface area contributed by atoms with E-state index in [1.807, 2.05) is 0 Å². The Morgan fingerprint density at radius 3 is 1.31 bits per heavy atom. The van der Waals surface area contributed by atoms with Gasteiger partial charge < -0.3 is 9.47 Å². The second-order valence-electron chi connectivity index (χ2n) is 18.4. The van der Waals surface area contributed by atoms with Gasteiger partial charge in [-0.15, -0.1) is 0 Å². The first-order valence-electron chi connectivity index (χ1n) is 24.8. The lowest BCUT2D eigenvalue weighted by atomic mass is 9.87. The van der Waals surface area contributed by atoms with Crippen LogP contribution in [0.1, 0.15) is 0 Å². The Balaban J connectivity index is 1.00. The zero-order valence-corrected chi connectivity index (χ0v) is 39.6. The minimum absolute atomic E-state index is 1.06. The van der Waals surface area contributed by atoms with Gasteiger partial charge in [0.1, 0.15) is 0 Å². The molecule has 1 aromatic heterocycles. The number of anilines is 3. The number of fused-ring (bicyclic) bond motifs is 4. The van der Waals surface area contributed by atoms with Gasteiger partial charge in [-0.05, 0) is 121 Å². The standard InChI is InChI=1S/C70H48N2/c1-5-20-49(21-6-1)59-29-15-17-34-66(59)72-67-35-18-16-31-64(67)65-47-45-58(48-68(65)72)71(56-41-36-53(37-42-56)63-46-40-52-26-13-14-30-60(52)69(63)54-27-11-4-12-28-54)57-43-38-55(39-44-57)70-61(50-22-7-2-8-23-50)32-19-33-62(70)51-24-9-3-10-25-51/h1-48H. The maximum absolute atomic E-state index is 2.46. The van der Waals surface area contributed by atoms with Gasteiger partial charge in [0.25, 0.3) is 0 Å². The summed E-state index contributed by atoms with van der Waals surface area (Å²) in [7, 11) is 0. The molecule has 0 N–H and O–H groups in total. The van der Waals surface area contributed by atoms with E-state index in [0.717, 1.165) is 39.4 Å². The maximum atomic E-state index is 2.46. The molecule has 338 valence electrons. The van der Waals surface area contributed by atoms with Crippen LogP contribution in [0, 0.1) is 0 Å². The smallest absolute Gasteiger partial charge is 0.0562 e. The van der Waals surface area contributed by atoms with Gasteiger partial charge in [-0.3, -0.25) is 0 Å². The fourth-order valence-electron chi connectivity index (χ4n) is 10.9. The topological polar surface area (TPSA) is 8.17 Å². The predicted molar refractivity (Wildman–Crippen MR) is 306 cm³/mol. The molecule has 0 saturated heterocycles. The van der Waals surface area contributed by atoms with Crippen molar-refractivity contribution in [3.63, 3.8) is 0 Å². The fraction of sp³-hybridized carbons (Fsp3) is 0. The first-order chi connectivity index (χ1) is 35.7. The van der Waals surface area contributed by atoms with Crippen molar-refractivity contribution in [1.82, 2.24) is 4.57 Å². The van der Waals surface area contributed by atoms with Crippen molar-refractivity contribution in [3.05, 3.63) is 291 Å². The van der Waals surface area contributed by atoms with E-state index in [9.17, 15) is 0 Å². The molecular weight excluding hydrogens is 869 g/mol. The highest BCUT2D eigenvalue weighted by Gasteiger charge is 2.21. The molecule has 72 heavy (non-hydrogen) atoms. The molecule has 12 aromatic carbocycles. The zero-order chi connectivity index (χ0) is 47.8. The summed E-state index contributed by atoms with van der Waals surface area (Å²) in [4.78, 5) is 2.41. The molecule has 2 nitrogen and oxygen atoms in total. The Kier molecular flexibility index (Phi) is 10.9.